The Morgan fingerprint density at radius 1 is 1.11 bits per heavy atom. The summed E-state index contributed by atoms with van der Waals surface area (Å²) in [6.45, 7) is 6.69. The molecule has 0 atom stereocenters. The Morgan fingerprint density at radius 2 is 1.68 bits per heavy atom. The number of fused-ring (bicyclic) bond motifs is 2. The van der Waals surface area contributed by atoms with E-state index in [0.717, 1.165) is 17.1 Å². The molecule has 1 aromatic heterocycles. The van der Waals surface area contributed by atoms with Crippen LogP contribution in [0.25, 0.3) is 11.3 Å². The summed E-state index contributed by atoms with van der Waals surface area (Å²) in [6.07, 6.45) is -0.909. The fourth-order valence-corrected chi connectivity index (χ4v) is 6.08. The molecule has 4 rings (SSSR count). The molecule has 1 spiro atoms. The van der Waals surface area contributed by atoms with Gasteiger partial charge in [-0.05, 0) is 24.3 Å². The van der Waals surface area contributed by atoms with Gasteiger partial charge in [-0.25, -0.2) is 23.0 Å². The standard InChI is InChI=1S/C22H31N5O3S.C2HF3O2/c1-17(2)15-24-21(28)25-11-9-22(10-12-25)20-23-16-19(18-7-5-4-6-8-18)26(20)13-14-27(22)31(3,29)30;3-2(4,5)1(6)7/h4-8,16-17H,9-15H2,1-3H3,(H,24,28);(H,6,7). The summed E-state index contributed by atoms with van der Waals surface area (Å²) in [4.78, 5) is 28.0. The lowest BCUT2D eigenvalue weighted by Crippen LogP contribution is -2.60. The number of nitrogens with zero attached hydrogens (tertiary/aromatic N) is 4. The maximum Gasteiger partial charge on any atom is 0.490 e. The molecule has 14 heteroatoms. The number of likely N-dealkylation sites (tertiary alicyclic amines) is 1. The molecule has 0 aliphatic carbocycles. The number of carbonyl (C=O) groups excluding carboxylic acids is 1. The van der Waals surface area contributed by atoms with Crippen molar-refractivity contribution in [2.75, 3.05) is 32.4 Å². The Morgan fingerprint density at radius 3 is 2.18 bits per heavy atom. The molecule has 0 bridgehead atoms. The second-order valence-electron chi connectivity index (χ2n) is 9.72. The van der Waals surface area contributed by atoms with Crippen LogP contribution in [0, 0.1) is 5.92 Å². The SMILES string of the molecule is CC(C)CNC(=O)N1CCC2(CC1)c1ncc(-c3ccccc3)n1CCN2S(C)(=O)=O.O=C(O)C(F)(F)F. The van der Waals surface area contributed by atoms with Gasteiger partial charge in [0.25, 0.3) is 0 Å². The van der Waals surface area contributed by atoms with E-state index in [-0.39, 0.29) is 6.03 Å². The highest BCUT2D eigenvalue weighted by Crippen LogP contribution is 2.43. The molecule has 2 N–H and O–H groups in total. The molecular weight excluding hydrogens is 527 g/mol. The average molecular weight is 560 g/mol. The first-order valence-corrected chi connectivity index (χ1v) is 13.9. The predicted octanol–water partition coefficient (Wildman–Crippen LogP) is 3.12. The minimum Gasteiger partial charge on any atom is -0.475 e. The lowest BCUT2D eigenvalue weighted by molar-refractivity contribution is -0.192. The topological polar surface area (TPSA) is 125 Å². The van der Waals surface area contributed by atoms with E-state index in [0.29, 0.717) is 51.5 Å². The number of hydrogen-bond acceptors (Lipinski definition) is 5. The summed E-state index contributed by atoms with van der Waals surface area (Å²) in [5.41, 5.74) is 1.34. The number of urea groups is 1. The van der Waals surface area contributed by atoms with Crippen LogP contribution in [0.2, 0.25) is 0 Å². The number of amides is 2. The van der Waals surface area contributed by atoms with E-state index in [4.69, 9.17) is 14.9 Å². The fourth-order valence-electron chi connectivity index (χ4n) is 4.77. The van der Waals surface area contributed by atoms with Gasteiger partial charge in [0.2, 0.25) is 10.0 Å². The van der Waals surface area contributed by atoms with Crippen LogP contribution in [0.15, 0.2) is 36.5 Å². The molecule has 0 radical (unpaired) electrons. The first kappa shape index (κ1) is 29.4. The number of carboxylic acid groups (broad SMARTS) is 1. The number of carbonyl (C=O) groups is 2. The number of piperidine rings is 1. The molecule has 10 nitrogen and oxygen atoms in total. The molecule has 0 saturated carbocycles. The largest absolute Gasteiger partial charge is 0.490 e. The molecule has 2 aliphatic rings. The van der Waals surface area contributed by atoms with Gasteiger partial charge < -0.3 is 19.9 Å². The minimum absolute atomic E-state index is 0.0846. The molecule has 1 fully saturated rings. The normalized spacial score (nSPS) is 17.5. The minimum atomic E-state index is -5.08. The second-order valence-corrected chi connectivity index (χ2v) is 11.6. The summed E-state index contributed by atoms with van der Waals surface area (Å²) in [6, 6.07) is 9.96. The monoisotopic (exact) mass is 559 g/mol. The lowest BCUT2D eigenvalue weighted by atomic mass is 9.85. The van der Waals surface area contributed by atoms with Crippen molar-refractivity contribution in [2.45, 2.75) is 44.9 Å². The number of carboxylic acids is 1. The van der Waals surface area contributed by atoms with Crippen LogP contribution >= 0.6 is 0 Å². The van der Waals surface area contributed by atoms with E-state index in [1.807, 2.05) is 36.5 Å². The van der Waals surface area contributed by atoms with Crippen molar-refractivity contribution >= 4 is 22.0 Å². The molecule has 38 heavy (non-hydrogen) atoms. The van der Waals surface area contributed by atoms with Gasteiger partial charge in [-0.2, -0.15) is 17.5 Å². The summed E-state index contributed by atoms with van der Waals surface area (Å²) in [5, 5.41) is 10.1. The molecule has 1 aromatic carbocycles. The molecule has 1 saturated heterocycles. The predicted molar refractivity (Wildman–Crippen MR) is 134 cm³/mol. The van der Waals surface area contributed by atoms with Crippen molar-refractivity contribution in [3.05, 3.63) is 42.4 Å². The van der Waals surface area contributed by atoms with Crippen LogP contribution in [0.4, 0.5) is 18.0 Å². The van der Waals surface area contributed by atoms with Gasteiger partial charge in [0.15, 0.2) is 0 Å². The zero-order valence-electron chi connectivity index (χ0n) is 21.4. The van der Waals surface area contributed by atoms with E-state index in [1.54, 1.807) is 9.21 Å². The number of aliphatic carboxylic acids is 1. The van der Waals surface area contributed by atoms with Gasteiger partial charge in [0, 0.05) is 32.7 Å². The summed E-state index contributed by atoms with van der Waals surface area (Å²) < 4.78 is 61.0. The zero-order valence-corrected chi connectivity index (χ0v) is 22.2. The van der Waals surface area contributed by atoms with E-state index in [1.165, 1.54) is 6.26 Å². The molecule has 2 aliphatic heterocycles. The Hall–Kier alpha value is -3.13. The third-order valence-corrected chi connectivity index (χ3v) is 7.86. The molecule has 210 valence electrons. The number of sulfonamides is 1. The van der Waals surface area contributed by atoms with Crippen molar-refractivity contribution in [1.82, 2.24) is 24.1 Å². The number of nitrogens with one attached hydrogen (secondary N) is 1. The highest BCUT2D eigenvalue weighted by molar-refractivity contribution is 7.88. The maximum absolute atomic E-state index is 12.7. The van der Waals surface area contributed by atoms with E-state index >= 15 is 0 Å². The van der Waals surface area contributed by atoms with Crippen LogP contribution in [0.5, 0.6) is 0 Å². The molecule has 3 heterocycles. The number of alkyl halides is 3. The average Bonchev–Trinajstić information content (AvgIpc) is 3.28. The first-order chi connectivity index (χ1) is 17.7. The van der Waals surface area contributed by atoms with Gasteiger partial charge >= 0.3 is 18.2 Å². The third kappa shape index (κ3) is 6.46. The summed E-state index contributed by atoms with van der Waals surface area (Å²) >= 11 is 0. The highest BCUT2D eigenvalue weighted by atomic mass is 32.2. The van der Waals surface area contributed by atoms with Crippen LogP contribution in [0.1, 0.15) is 32.5 Å². The van der Waals surface area contributed by atoms with Crippen molar-refractivity contribution in [3.63, 3.8) is 0 Å². The molecular formula is C24H32F3N5O5S. The Bertz CT molecular complexity index is 1240. The van der Waals surface area contributed by atoms with Crippen molar-refractivity contribution in [2.24, 2.45) is 5.92 Å². The first-order valence-electron chi connectivity index (χ1n) is 12.1. The number of hydrogen-bond donors (Lipinski definition) is 2. The second kappa shape index (κ2) is 11.3. The highest BCUT2D eigenvalue weighted by Gasteiger charge is 2.51. The molecule has 2 amide bonds. The Labute approximate surface area is 219 Å². The Balaban J connectivity index is 0.000000505. The van der Waals surface area contributed by atoms with Gasteiger partial charge in [-0.1, -0.05) is 44.2 Å². The van der Waals surface area contributed by atoms with Crippen molar-refractivity contribution in [3.8, 4) is 11.3 Å². The van der Waals surface area contributed by atoms with Crippen molar-refractivity contribution in [1.29, 1.82) is 0 Å². The lowest BCUT2D eigenvalue weighted by Gasteiger charge is -2.49. The Kier molecular flexibility index (Phi) is 8.76. The van der Waals surface area contributed by atoms with Gasteiger partial charge in [-0.15, -0.1) is 0 Å². The number of benzene rings is 1. The van der Waals surface area contributed by atoms with E-state index in [2.05, 4.69) is 23.7 Å². The molecule has 0 unspecified atom stereocenters. The smallest absolute Gasteiger partial charge is 0.475 e. The number of halogens is 3. The van der Waals surface area contributed by atoms with Gasteiger partial charge in [-0.3, -0.25) is 0 Å². The molecule has 2 aromatic rings. The zero-order chi connectivity index (χ0) is 28.3. The van der Waals surface area contributed by atoms with Crippen LogP contribution in [-0.2, 0) is 26.9 Å². The number of rotatable bonds is 4. The van der Waals surface area contributed by atoms with Crippen LogP contribution < -0.4 is 5.32 Å². The van der Waals surface area contributed by atoms with Gasteiger partial charge in [0.1, 0.15) is 5.82 Å². The summed E-state index contributed by atoms with van der Waals surface area (Å²) in [5.74, 6) is -1.60. The van der Waals surface area contributed by atoms with Gasteiger partial charge in [0.05, 0.1) is 23.7 Å². The van der Waals surface area contributed by atoms with Crippen LogP contribution in [-0.4, -0.2) is 82.9 Å². The van der Waals surface area contributed by atoms with E-state index in [9.17, 15) is 26.4 Å². The summed E-state index contributed by atoms with van der Waals surface area (Å²) in [7, 11) is -3.43. The maximum atomic E-state index is 12.7. The fraction of sp³-hybridized carbons (Fsp3) is 0.542. The third-order valence-electron chi connectivity index (χ3n) is 6.53. The van der Waals surface area contributed by atoms with Crippen molar-refractivity contribution < 1.29 is 36.3 Å². The quantitative estimate of drug-likeness (QED) is 0.593. The number of aromatic nitrogens is 2. The van der Waals surface area contributed by atoms with Crippen LogP contribution in [0.3, 0.4) is 0 Å². The number of imidazole rings is 1. The van der Waals surface area contributed by atoms with E-state index < -0.39 is 27.7 Å².